The average molecular weight is 252 g/mol. The minimum Gasteiger partial charge on any atom is -0.393 e. The summed E-state index contributed by atoms with van der Waals surface area (Å²) in [5.41, 5.74) is 0. The summed E-state index contributed by atoms with van der Waals surface area (Å²) in [7, 11) is 2.31. The number of piperidine rings is 2. The topological polar surface area (TPSA) is 26.7 Å². The average Bonchev–Trinajstić information content (AvgIpc) is 2.39. The first-order chi connectivity index (χ1) is 8.74. The van der Waals surface area contributed by atoms with E-state index in [-0.39, 0.29) is 6.10 Å². The second-order valence-electron chi connectivity index (χ2n) is 6.70. The molecule has 2 saturated heterocycles. The highest BCUT2D eigenvalue weighted by atomic mass is 16.3. The fraction of sp³-hybridized carbons (Fsp3) is 1.00. The predicted octanol–water partition coefficient (Wildman–Crippen LogP) is 1.71. The van der Waals surface area contributed by atoms with Gasteiger partial charge in [0.2, 0.25) is 0 Å². The Bertz CT molecular complexity index is 276. The van der Waals surface area contributed by atoms with E-state index in [1.54, 1.807) is 0 Å². The van der Waals surface area contributed by atoms with Gasteiger partial charge >= 0.3 is 0 Å². The van der Waals surface area contributed by atoms with Gasteiger partial charge in [0.1, 0.15) is 0 Å². The smallest absolute Gasteiger partial charge is 0.0541 e. The minimum atomic E-state index is -0.0143. The molecule has 18 heavy (non-hydrogen) atoms. The molecule has 2 unspecified atom stereocenters. The van der Waals surface area contributed by atoms with Crippen molar-refractivity contribution in [3.05, 3.63) is 0 Å². The van der Waals surface area contributed by atoms with Gasteiger partial charge in [0.15, 0.2) is 0 Å². The predicted molar refractivity (Wildman–Crippen MR) is 73.6 cm³/mol. The van der Waals surface area contributed by atoms with Gasteiger partial charge in [-0.1, -0.05) is 0 Å². The van der Waals surface area contributed by atoms with Crippen LogP contribution in [0, 0.1) is 5.92 Å². The normalized spacial score (nSPS) is 43.7. The van der Waals surface area contributed by atoms with Gasteiger partial charge in [-0.05, 0) is 71.0 Å². The summed E-state index contributed by atoms with van der Waals surface area (Å²) in [6, 6.07) is 1.62. The van der Waals surface area contributed by atoms with Crippen LogP contribution in [0.15, 0.2) is 0 Å². The van der Waals surface area contributed by atoms with E-state index in [4.69, 9.17) is 0 Å². The van der Waals surface area contributed by atoms with E-state index in [1.165, 1.54) is 51.7 Å². The van der Waals surface area contributed by atoms with E-state index in [1.807, 2.05) is 0 Å². The van der Waals surface area contributed by atoms with Gasteiger partial charge in [-0.25, -0.2) is 0 Å². The number of fused-ring (bicyclic) bond motifs is 1. The lowest BCUT2D eigenvalue weighted by molar-refractivity contribution is 0.000476. The molecule has 0 amide bonds. The number of aliphatic hydroxyl groups excluding tert-OH is 1. The highest BCUT2D eigenvalue weighted by Gasteiger charge is 2.36. The molecule has 3 heteroatoms. The summed E-state index contributed by atoms with van der Waals surface area (Å²) < 4.78 is 0. The molecule has 1 aliphatic carbocycles. The summed E-state index contributed by atoms with van der Waals surface area (Å²) in [5.74, 6) is 0.907. The first-order valence-electron chi connectivity index (χ1n) is 7.86. The maximum atomic E-state index is 9.62. The Morgan fingerprint density at radius 2 is 1.72 bits per heavy atom. The van der Waals surface area contributed by atoms with Crippen LogP contribution in [0.3, 0.4) is 0 Å². The third kappa shape index (κ3) is 2.59. The fourth-order valence-corrected chi connectivity index (χ4v) is 4.44. The van der Waals surface area contributed by atoms with Gasteiger partial charge in [-0.3, -0.25) is 4.90 Å². The molecule has 1 N–H and O–H groups in total. The van der Waals surface area contributed by atoms with Crippen molar-refractivity contribution in [3.63, 3.8) is 0 Å². The molecular formula is C15H28N2O. The van der Waals surface area contributed by atoms with Crippen molar-refractivity contribution in [2.45, 2.75) is 63.1 Å². The molecule has 1 saturated carbocycles. The first-order valence-corrected chi connectivity index (χ1v) is 7.86. The molecule has 0 aromatic carbocycles. The Hall–Kier alpha value is -0.120. The van der Waals surface area contributed by atoms with Crippen molar-refractivity contribution >= 4 is 0 Å². The van der Waals surface area contributed by atoms with Crippen LogP contribution < -0.4 is 0 Å². The van der Waals surface area contributed by atoms with Gasteiger partial charge in [-0.15, -0.1) is 0 Å². The molecule has 2 atom stereocenters. The van der Waals surface area contributed by atoms with Crippen LogP contribution in [0.4, 0.5) is 0 Å². The Kier molecular flexibility index (Phi) is 3.92. The largest absolute Gasteiger partial charge is 0.393 e. The SMILES string of the molecule is CN1CCCC2CN(C3CCC(O)CC3)CCC21. The third-order valence-corrected chi connectivity index (χ3v) is 5.56. The first kappa shape index (κ1) is 12.9. The van der Waals surface area contributed by atoms with Crippen molar-refractivity contribution in [1.29, 1.82) is 0 Å². The fourth-order valence-electron chi connectivity index (χ4n) is 4.44. The van der Waals surface area contributed by atoms with Gasteiger partial charge in [0, 0.05) is 18.6 Å². The molecule has 0 aromatic rings. The van der Waals surface area contributed by atoms with E-state index < -0.39 is 0 Å². The maximum absolute atomic E-state index is 9.62. The standard InChI is InChI=1S/C15H28N2O/c1-16-9-2-3-12-11-17(10-8-15(12)16)13-4-6-14(18)7-5-13/h12-15,18H,2-11H2,1H3. The van der Waals surface area contributed by atoms with E-state index >= 15 is 0 Å². The van der Waals surface area contributed by atoms with Crippen LogP contribution in [0.1, 0.15) is 44.9 Å². The van der Waals surface area contributed by atoms with Crippen LogP contribution in [0.5, 0.6) is 0 Å². The Morgan fingerprint density at radius 1 is 0.944 bits per heavy atom. The van der Waals surface area contributed by atoms with E-state index in [9.17, 15) is 5.11 Å². The third-order valence-electron chi connectivity index (χ3n) is 5.56. The Labute approximate surface area is 111 Å². The molecule has 3 nitrogen and oxygen atoms in total. The lowest BCUT2D eigenvalue weighted by atomic mass is 9.82. The Balaban J connectivity index is 1.57. The molecule has 2 heterocycles. The van der Waals surface area contributed by atoms with Crippen LogP contribution in [0.25, 0.3) is 0 Å². The lowest BCUT2D eigenvalue weighted by Gasteiger charge is -2.48. The summed E-state index contributed by atoms with van der Waals surface area (Å²) in [6.45, 7) is 3.90. The van der Waals surface area contributed by atoms with Crippen LogP contribution in [-0.4, -0.2) is 59.8 Å². The number of hydrogen-bond acceptors (Lipinski definition) is 3. The molecule has 3 fully saturated rings. The number of likely N-dealkylation sites (tertiary alicyclic amines) is 2. The molecule has 0 radical (unpaired) electrons. The van der Waals surface area contributed by atoms with Crippen molar-refractivity contribution in [1.82, 2.24) is 9.80 Å². The zero-order chi connectivity index (χ0) is 12.5. The number of nitrogens with zero attached hydrogens (tertiary/aromatic N) is 2. The summed E-state index contributed by atoms with van der Waals surface area (Å²) in [5, 5.41) is 9.62. The number of rotatable bonds is 1. The summed E-state index contributed by atoms with van der Waals surface area (Å²) in [6.07, 6.45) is 8.64. The summed E-state index contributed by atoms with van der Waals surface area (Å²) >= 11 is 0. The maximum Gasteiger partial charge on any atom is 0.0541 e. The van der Waals surface area contributed by atoms with Crippen molar-refractivity contribution in [2.75, 3.05) is 26.7 Å². The quantitative estimate of drug-likeness (QED) is 0.769. The van der Waals surface area contributed by atoms with Crippen molar-refractivity contribution < 1.29 is 5.11 Å². The minimum absolute atomic E-state index is 0.0143. The molecule has 0 spiro atoms. The monoisotopic (exact) mass is 252 g/mol. The zero-order valence-electron chi connectivity index (χ0n) is 11.7. The molecule has 2 aliphatic heterocycles. The van der Waals surface area contributed by atoms with Crippen molar-refractivity contribution in [3.8, 4) is 0 Å². The zero-order valence-corrected chi connectivity index (χ0v) is 11.7. The lowest BCUT2D eigenvalue weighted by Crippen LogP contribution is -2.55. The molecule has 3 rings (SSSR count). The van der Waals surface area contributed by atoms with Gasteiger partial charge in [0.05, 0.1) is 6.10 Å². The van der Waals surface area contributed by atoms with Crippen LogP contribution in [0.2, 0.25) is 0 Å². The summed E-state index contributed by atoms with van der Waals surface area (Å²) in [4.78, 5) is 5.34. The molecule has 0 bridgehead atoms. The second-order valence-corrected chi connectivity index (χ2v) is 6.70. The van der Waals surface area contributed by atoms with E-state index in [0.717, 1.165) is 30.8 Å². The number of hydrogen-bond donors (Lipinski definition) is 1. The molecule has 104 valence electrons. The van der Waals surface area contributed by atoms with E-state index in [0.29, 0.717) is 0 Å². The van der Waals surface area contributed by atoms with Gasteiger partial charge in [-0.2, -0.15) is 0 Å². The highest BCUT2D eigenvalue weighted by Crippen LogP contribution is 2.33. The second kappa shape index (κ2) is 5.48. The van der Waals surface area contributed by atoms with Gasteiger partial charge < -0.3 is 10.0 Å². The highest BCUT2D eigenvalue weighted by molar-refractivity contribution is 4.92. The molecular weight excluding hydrogens is 224 g/mol. The Morgan fingerprint density at radius 3 is 2.50 bits per heavy atom. The molecule has 0 aromatic heterocycles. The van der Waals surface area contributed by atoms with Gasteiger partial charge in [0.25, 0.3) is 0 Å². The van der Waals surface area contributed by atoms with Crippen LogP contribution >= 0.6 is 0 Å². The van der Waals surface area contributed by atoms with Crippen molar-refractivity contribution in [2.24, 2.45) is 5.92 Å². The number of aliphatic hydroxyl groups is 1. The van der Waals surface area contributed by atoms with E-state index in [2.05, 4.69) is 16.8 Å². The van der Waals surface area contributed by atoms with Crippen LogP contribution in [-0.2, 0) is 0 Å². The molecule has 3 aliphatic rings.